The number of hydrogen-bond acceptors (Lipinski definition) is 5. The minimum atomic E-state index is 0.459. The van der Waals surface area contributed by atoms with E-state index in [-0.39, 0.29) is 0 Å². The maximum Gasteiger partial charge on any atom is 0.258 e. The van der Waals surface area contributed by atoms with Crippen LogP contribution in [-0.4, -0.2) is 24.4 Å². The molecule has 0 saturated heterocycles. The summed E-state index contributed by atoms with van der Waals surface area (Å²) in [4.78, 5) is 4.61. The molecule has 1 fully saturated rings. The maximum absolute atomic E-state index is 5.52. The van der Waals surface area contributed by atoms with Crippen molar-refractivity contribution in [2.45, 2.75) is 31.6 Å². The van der Waals surface area contributed by atoms with Crippen LogP contribution in [-0.2, 0) is 0 Å². The van der Waals surface area contributed by atoms with Crippen molar-refractivity contribution < 1.29 is 14.0 Å². The fourth-order valence-electron chi connectivity index (χ4n) is 4.63. The van der Waals surface area contributed by atoms with Crippen molar-refractivity contribution in [3.63, 3.8) is 0 Å². The monoisotopic (exact) mass is 388 g/mol. The molecule has 0 radical (unpaired) electrons. The molecule has 1 heterocycles. The Morgan fingerprint density at radius 1 is 0.931 bits per heavy atom. The van der Waals surface area contributed by atoms with Gasteiger partial charge in [0.2, 0.25) is 5.82 Å². The van der Waals surface area contributed by atoms with Gasteiger partial charge in [0.05, 0.1) is 14.2 Å². The molecule has 1 saturated carbocycles. The predicted molar refractivity (Wildman–Crippen MR) is 112 cm³/mol. The minimum Gasteiger partial charge on any atom is -0.493 e. The highest BCUT2D eigenvalue weighted by molar-refractivity contribution is 5.70. The second-order valence-corrected chi connectivity index (χ2v) is 7.77. The van der Waals surface area contributed by atoms with E-state index in [4.69, 9.17) is 14.0 Å². The van der Waals surface area contributed by atoms with E-state index >= 15 is 0 Å². The molecule has 0 N–H and O–H groups in total. The number of allylic oxidation sites excluding steroid dienone is 1. The fraction of sp³-hybridized carbons (Fsp3) is 0.333. The molecule has 3 aromatic rings. The van der Waals surface area contributed by atoms with E-state index in [1.165, 1.54) is 36.8 Å². The fourth-order valence-corrected chi connectivity index (χ4v) is 4.63. The van der Waals surface area contributed by atoms with Gasteiger partial charge in [-0.15, -0.1) is 0 Å². The summed E-state index contributed by atoms with van der Waals surface area (Å²) in [5.74, 6) is 3.70. The zero-order chi connectivity index (χ0) is 19.8. The summed E-state index contributed by atoms with van der Waals surface area (Å²) >= 11 is 0. The zero-order valence-electron chi connectivity index (χ0n) is 16.7. The average molecular weight is 388 g/mol. The van der Waals surface area contributed by atoms with Crippen LogP contribution in [0.5, 0.6) is 11.5 Å². The average Bonchev–Trinajstić information content (AvgIpc) is 3.52. The Labute approximate surface area is 170 Å². The van der Waals surface area contributed by atoms with E-state index in [1.807, 2.05) is 18.2 Å². The summed E-state index contributed by atoms with van der Waals surface area (Å²) in [6, 6.07) is 12.1. The molecule has 1 unspecified atom stereocenters. The Bertz CT molecular complexity index is 1060. The van der Waals surface area contributed by atoms with Crippen LogP contribution in [0.3, 0.4) is 0 Å². The van der Waals surface area contributed by atoms with Gasteiger partial charge in [-0.05, 0) is 54.2 Å². The predicted octanol–water partition coefficient (Wildman–Crippen LogP) is 5.72. The van der Waals surface area contributed by atoms with Gasteiger partial charge in [-0.2, -0.15) is 4.98 Å². The highest BCUT2D eigenvalue weighted by atomic mass is 16.5. The molecule has 5 nitrogen and oxygen atoms in total. The van der Waals surface area contributed by atoms with E-state index in [0.717, 1.165) is 17.0 Å². The van der Waals surface area contributed by atoms with E-state index in [1.54, 1.807) is 14.2 Å². The Kier molecular flexibility index (Phi) is 4.58. The number of fused-ring (bicyclic) bond motifs is 1. The Hall–Kier alpha value is -3.08. The Morgan fingerprint density at radius 3 is 2.52 bits per heavy atom. The van der Waals surface area contributed by atoms with Crippen LogP contribution >= 0.6 is 0 Å². The van der Waals surface area contributed by atoms with E-state index < -0.39 is 0 Å². The van der Waals surface area contributed by atoms with Gasteiger partial charge in [0, 0.05) is 17.0 Å². The number of rotatable bonds is 5. The third kappa shape index (κ3) is 3.20. The third-order valence-corrected chi connectivity index (χ3v) is 6.15. The zero-order valence-corrected chi connectivity index (χ0v) is 16.7. The van der Waals surface area contributed by atoms with Crippen LogP contribution in [0.4, 0.5) is 0 Å². The quantitative estimate of drug-likeness (QED) is 0.559. The van der Waals surface area contributed by atoms with Gasteiger partial charge in [0.1, 0.15) is 0 Å². The first kappa shape index (κ1) is 18.0. The lowest BCUT2D eigenvalue weighted by Gasteiger charge is -2.18. The summed E-state index contributed by atoms with van der Waals surface area (Å²) in [7, 11) is 3.22. The molecule has 0 amide bonds. The molecule has 0 spiro atoms. The lowest BCUT2D eigenvalue weighted by Crippen LogP contribution is -2.05. The number of methoxy groups -OCH3 is 2. The third-order valence-electron chi connectivity index (χ3n) is 6.15. The van der Waals surface area contributed by atoms with Crippen LogP contribution < -0.4 is 9.47 Å². The van der Waals surface area contributed by atoms with E-state index in [2.05, 4.69) is 40.5 Å². The molecule has 29 heavy (non-hydrogen) atoms. The van der Waals surface area contributed by atoms with E-state index in [0.29, 0.717) is 29.1 Å². The van der Waals surface area contributed by atoms with Crippen molar-refractivity contribution in [1.82, 2.24) is 10.1 Å². The normalized spacial score (nSPS) is 18.2. The highest BCUT2D eigenvalue weighted by Crippen LogP contribution is 2.43. The Balaban J connectivity index is 1.42. The van der Waals surface area contributed by atoms with Gasteiger partial charge >= 0.3 is 0 Å². The molecular weight excluding hydrogens is 364 g/mol. The Morgan fingerprint density at radius 2 is 1.72 bits per heavy atom. The maximum atomic E-state index is 5.52. The van der Waals surface area contributed by atoms with Crippen LogP contribution in [0, 0.1) is 5.92 Å². The summed E-state index contributed by atoms with van der Waals surface area (Å²) in [5.41, 5.74) is 4.47. The molecule has 5 heteroatoms. The number of aromatic nitrogens is 2. The van der Waals surface area contributed by atoms with Crippen LogP contribution in [0.1, 0.15) is 42.7 Å². The second kappa shape index (κ2) is 7.39. The van der Waals surface area contributed by atoms with Gasteiger partial charge in [-0.1, -0.05) is 42.3 Å². The summed E-state index contributed by atoms with van der Waals surface area (Å²) in [5, 5.41) is 4.20. The first-order valence-electron chi connectivity index (χ1n) is 10.2. The number of benzene rings is 2. The molecule has 0 bridgehead atoms. The molecular formula is C24H24N2O3. The highest BCUT2D eigenvalue weighted by Gasteiger charge is 2.28. The minimum absolute atomic E-state index is 0.459. The largest absolute Gasteiger partial charge is 0.493 e. The number of nitrogens with zero attached hydrogens (tertiary/aromatic N) is 2. The summed E-state index contributed by atoms with van der Waals surface area (Å²) in [6.45, 7) is 0. The number of hydrogen-bond donors (Lipinski definition) is 0. The molecule has 2 aliphatic carbocycles. The first-order valence-corrected chi connectivity index (χ1v) is 10.2. The molecule has 148 valence electrons. The molecule has 0 aliphatic heterocycles. The van der Waals surface area contributed by atoms with Gasteiger partial charge in [-0.25, -0.2) is 0 Å². The topological polar surface area (TPSA) is 57.4 Å². The molecule has 1 aromatic heterocycles. The number of ether oxygens (including phenoxy) is 2. The molecule has 2 aliphatic rings. The SMILES string of the molecule is COc1ccc(-c2nc(-c3ccc4c(c3)C=CC4C3CCCC3)no2)cc1OC. The van der Waals surface area contributed by atoms with E-state index in [9.17, 15) is 0 Å². The smallest absolute Gasteiger partial charge is 0.258 e. The van der Waals surface area contributed by atoms with Gasteiger partial charge in [0.25, 0.3) is 5.89 Å². The molecule has 1 atom stereocenters. The lowest BCUT2D eigenvalue weighted by atomic mass is 9.86. The molecule has 2 aromatic carbocycles. The van der Waals surface area contributed by atoms with Gasteiger partial charge in [0.15, 0.2) is 11.5 Å². The van der Waals surface area contributed by atoms with Gasteiger partial charge in [-0.3, -0.25) is 0 Å². The standard InChI is InChI=1S/C24H24N2O3/c1-27-21-12-9-18(14-22(21)28-2)24-25-23(26-29-24)17-8-11-20-16(13-17)7-10-19(20)15-5-3-4-6-15/h7-15,19H,3-6H2,1-2H3. The van der Waals surface area contributed by atoms with Crippen molar-refractivity contribution >= 4 is 6.08 Å². The lowest BCUT2D eigenvalue weighted by molar-refractivity contribution is 0.355. The second-order valence-electron chi connectivity index (χ2n) is 7.77. The van der Waals surface area contributed by atoms with Crippen LogP contribution in [0.2, 0.25) is 0 Å². The van der Waals surface area contributed by atoms with Crippen molar-refractivity contribution in [1.29, 1.82) is 0 Å². The van der Waals surface area contributed by atoms with Crippen molar-refractivity contribution in [2.75, 3.05) is 14.2 Å². The molecule has 5 rings (SSSR count). The van der Waals surface area contributed by atoms with Crippen molar-refractivity contribution in [3.05, 3.63) is 53.6 Å². The summed E-state index contributed by atoms with van der Waals surface area (Å²) in [6.07, 6.45) is 10.0. The summed E-state index contributed by atoms with van der Waals surface area (Å²) < 4.78 is 16.2. The van der Waals surface area contributed by atoms with Crippen molar-refractivity contribution in [2.24, 2.45) is 5.92 Å². The van der Waals surface area contributed by atoms with Crippen molar-refractivity contribution in [3.8, 4) is 34.3 Å². The van der Waals surface area contributed by atoms with Crippen LogP contribution in [0.15, 0.2) is 47.0 Å². The first-order chi connectivity index (χ1) is 14.3. The van der Waals surface area contributed by atoms with Gasteiger partial charge < -0.3 is 14.0 Å². The van der Waals surface area contributed by atoms with Crippen LogP contribution in [0.25, 0.3) is 28.9 Å².